The molecule has 0 heterocycles. The molecule has 216 valence electrons. The molecule has 4 aliphatic rings. The fourth-order valence-electron chi connectivity index (χ4n) is 9.46. The van der Waals surface area contributed by atoms with Crippen molar-refractivity contribution < 1.29 is 42.7 Å². The number of fused-ring (bicyclic) bond motifs is 5. The van der Waals surface area contributed by atoms with E-state index in [1.807, 2.05) is 0 Å². The summed E-state index contributed by atoms with van der Waals surface area (Å²) in [6, 6.07) is 0. The number of hydrogen-bond acceptors (Lipinski definition) is 8. The Morgan fingerprint density at radius 2 is 1.70 bits per heavy atom. The molecule has 0 aromatic carbocycles. The van der Waals surface area contributed by atoms with E-state index in [4.69, 9.17) is 4.55 Å². The topological polar surface area (TPSA) is 165 Å². The van der Waals surface area contributed by atoms with E-state index in [0.29, 0.717) is 19.3 Å². The van der Waals surface area contributed by atoms with E-state index in [1.54, 1.807) is 0 Å². The fraction of sp³-hybridized carbons (Fsp3) is 1.00. The van der Waals surface area contributed by atoms with E-state index in [9.17, 15) is 34.0 Å². The van der Waals surface area contributed by atoms with Crippen LogP contribution < -0.4 is 0 Å². The van der Waals surface area contributed by atoms with Gasteiger partial charge in [0.2, 0.25) is 0 Å². The second-order valence-corrected chi connectivity index (χ2v) is 14.4. The number of hydrogen-bond donors (Lipinski definition) is 6. The molecule has 0 bridgehead atoms. The van der Waals surface area contributed by atoms with Gasteiger partial charge in [-0.15, -0.1) is 0 Å². The Kier molecular flexibility index (Phi) is 8.75. The van der Waals surface area contributed by atoms with Crippen molar-refractivity contribution in [1.82, 2.24) is 0 Å². The van der Waals surface area contributed by atoms with Crippen LogP contribution in [0, 0.1) is 52.3 Å². The van der Waals surface area contributed by atoms with Gasteiger partial charge < -0.3 is 25.5 Å². The van der Waals surface area contributed by atoms with Gasteiger partial charge in [0, 0.05) is 5.92 Å². The first-order valence-electron chi connectivity index (χ1n) is 14.2. The molecular weight excluding hydrogens is 500 g/mol. The van der Waals surface area contributed by atoms with Crippen LogP contribution in [0.3, 0.4) is 0 Å². The lowest BCUT2D eigenvalue weighted by atomic mass is 9.43. The third-order valence-electron chi connectivity index (χ3n) is 11.6. The van der Waals surface area contributed by atoms with Crippen LogP contribution >= 0.6 is 0 Å². The van der Waals surface area contributed by atoms with E-state index >= 15 is 0 Å². The van der Waals surface area contributed by atoms with Crippen LogP contribution in [-0.4, -0.2) is 76.1 Å². The lowest BCUT2D eigenvalue weighted by molar-refractivity contribution is -0.207. The first-order valence-corrected chi connectivity index (χ1v) is 15.5. The van der Waals surface area contributed by atoms with Gasteiger partial charge in [-0.3, -0.25) is 4.55 Å². The third-order valence-corrected chi connectivity index (χ3v) is 12.1. The van der Waals surface area contributed by atoms with Gasteiger partial charge in [0.15, 0.2) is 0 Å². The van der Waals surface area contributed by atoms with E-state index in [1.165, 1.54) is 0 Å². The Morgan fingerprint density at radius 3 is 2.35 bits per heavy atom. The molecule has 0 spiro atoms. The van der Waals surface area contributed by atoms with E-state index in [0.717, 1.165) is 38.5 Å². The van der Waals surface area contributed by atoms with Gasteiger partial charge in [0.05, 0.1) is 37.6 Å². The van der Waals surface area contributed by atoms with Crippen molar-refractivity contribution in [2.24, 2.45) is 52.3 Å². The molecule has 0 saturated heterocycles. The van der Waals surface area contributed by atoms with Crippen LogP contribution in [0.2, 0.25) is 0 Å². The zero-order valence-corrected chi connectivity index (χ0v) is 23.3. The molecule has 4 fully saturated rings. The van der Waals surface area contributed by atoms with Crippen molar-refractivity contribution in [3.63, 3.8) is 0 Å². The van der Waals surface area contributed by atoms with Gasteiger partial charge in [0.25, 0.3) is 0 Å². The average molecular weight is 549 g/mol. The maximum absolute atomic E-state index is 11.7. The predicted octanol–water partition coefficient (Wildman–Crippen LogP) is 2.15. The highest BCUT2D eigenvalue weighted by molar-refractivity contribution is 7.80. The maximum atomic E-state index is 11.7. The lowest BCUT2D eigenvalue weighted by Gasteiger charge is -2.63. The van der Waals surface area contributed by atoms with E-state index < -0.39 is 47.8 Å². The summed E-state index contributed by atoms with van der Waals surface area (Å²) in [6.45, 7) is 5.67. The number of aliphatic hydroxyl groups excluding tert-OH is 5. The van der Waals surface area contributed by atoms with E-state index in [-0.39, 0.29) is 52.4 Å². The SMILES string of the molecule is C[C@H](CC[C@@H](O)[C@@H](CO)COS(=O)(=O)O)C1CCC2C3C(O)C[C@@H]4C[C@H](O)CC[C@]4(C)C3C[C@H](O)[C@@]21C. The third kappa shape index (κ3) is 5.51. The molecule has 0 amide bonds. The summed E-state index contributed by atoms with van der Waals surface area (Å²) in [5, 5.41) is 53.5. The zero-order valence-electron chi connectivity index (χ0n) is 22.4. The molecule has 5 unspecified atom stereocenters. The molecule has 10 heteroatoms. The molecule has 0 aromatic rings. The second-order valence-electron chi connectivity index (χ2n) is 13.3. The van der Waals surface area contributed by atoms with Crippen molar-refractivity contribution in [2.45, 2.75) is 103 Å². The maximum Gasteiger partial charge on any atom is 0.397 e. The monoisotopic (exact) mass is 548 g/mol. The minimum Gasteiger partial charge on any atom is -0.396 e. The highest BCUT2D eigenvalue weighted by atomic mass is 32.3. The zero-order chi connectivity index (χ0) is 27.3. The summed E-state index contributed by atoms with van der Waals surface area (Å²) in [4.78, 5) is 0. The summed E-state index contributed by atoms with van der Waals surface area (Å²) in [5.74, 6) is 0.439. The van der Waals surface area contributed by atoms with Crippen LogP contribution in [0.25, 0.3) is 0 Å². The Morgan fingerprint density at radius 1 is 1.00 bits per heavy atom. The fourth-order valence-corrected chi connectivity index (χ4v) is 9.81. The molecule has 4 rings (SSSR count). The van der Waals surface area contributed by atoms with Crippen LogP contribution in [0.5, 0.6) is 0 Å². The van der Waals surface area contributed by atoms with Gasteiger partial charge in [-0.25, -0.2) is 4.18 Å². The number of rotatable bonds is 9. The summed E-state index contributed by atoms with van der Waals surface area (Å²) in [5.41, 5.74) is -0.309. The van der Waals surface area contributed by atoms with Crippen LogP contribution in [0.15, 0.2) is 0 Å². The normalized spacial score (nSPS) is 46.4. The Balaban J connectivity index is 1.45. The predicted molar refractivity (Wildman–Crippen MR) is 136 cm³/mol. The largest absolute Gasteiger partial charge is 0.397 e. The molecular formula is C27H48O9S. The molecule has 6 N–H and O–H groups in total. The lowest BCUT2D eigenvalue weighted by Crippen LogP contribution is -2.62. The quantitative estimate of drug-likeness (QED) is 0.237. The Labute approximate surface area is 221 Å². The van der Waals surface area contributed by atoms with Crippen molar-refractivity contribution >= 4 is 10.4 Å². The molecule has 9 nitrogen and oxygen atoms in total. The summed E-state index contributed by atoms with van der Waals surface area (Å²) in [7, 11) is -4.65. The summed E-state index contributed by atoms with van der Waals surface area (Å²) >= 11 is 0. The molecule has 37 heavy (non-hydrogen) atoms. The van der Waals surface area contributed by atoms with Crippen molar-refractivity contribution in [2.75, 3.05) is 13.2 Å². The van der Waals surface area contributed by atoms with Crippen LogP contribution in [-0.2, 0) is 14.6 Å². The van der Waals surface area contributed by atoms with Gasteiger partial charge in [-0.2, -0.15) is 8.42 Å². The highest BCUT2D eigenvalue weighted by Gasteiger charge is 2.65. The minimum atomic E-state index is -4.65. The molecule has 0 aliphatic heterocycles. The van der Waals surface area contributed by atoms with Gasteiger partial charge in [-0.05, 0) is 104 Å². The smallest absolute Gasteiger partial charge is 0.396 e. The van der Waals surface area contributed by atoms with Gasteiger partial charge >= 0.3 is 10.4 Å². The highest BCUT2D eigenvalue weighted by Crippen LogP contribution is 2.68. The minimum absolute atomic E-state index is 0.0304. The Bertz CT molecular complexity index is 898. The summed E-state index contributed by atoms with van der Waals surface area (Å²) in [6.07, 6.45) is 4.54. The standard InChI is InChI=1S/C27H48O9S/c1-15(4-7-22(30)16(13-28)14-36-37(33,34)35)19-5-6-20-25-21(12-24(32)27(19,20)3)26(2)9-8-18(29)10-17(26)11-23(25)31/h15-25,28-32H,4-14H2,1-3H3,(H,33,34,35)/t15-,16+,17+,18-,19?,20?,21?,22-,23?,24+,25?,26+,27-/m1/s1. The van der Waals surface area contributed by atoms with Crippen molar-refractivity contribution in [3.8, 4) is 0 Å². The molecule has 4 aliphatic carbocycles. The van der Waals surface area contributed by atoms with E-state index in [2.05, 4.69) is 25.0 Å². The van der Waals surface area contributed by atoms with Gasteiger partial charge in [0.1, 0.15) is 0 Å². The van der Waals surface area contributed by atoms with Crippen LogP contribution in [0.4, 0.5) is 0 Å². The second kappa shape index (κ2) is 10.9. The molecule has 4 saturated carbocycles. The molecule has 0 radical (unpaired) electrons. The first kappa shape index (κ1) is 29.6. The van der Waals surface area contributed by atoms with Crippen LogP contribution in [0.1, 0.15) is 78.6 Å². The molecule has 0 aromatic heterocycles. The Hall–Kier alpha value is -0.330. The number of aliphatic hydroxyl groups is 5. The van der Waals surface area contributed by atoms with Crippen molar-refractivity contribution in [1.29, 1.82) is 0 Å². The summed E-state index contributed by atoms with van der Waals surface area (Å²) < 4.78 is 34.9. The molecule has 13 atom stereocenters. The van der Waals surface area contributed by atoms with Gasteiger partial charge in [-0.1, -0.05) is 20.8 Å². The first-order chi connectivity index (χ1) is 17.2. The van der Waals surface area contributed by atoms with Crippen molar-refractivity contribution in [3.05, 3.63) is 0 Å². The average Bonchev–Trinajstić information content (AvgIpc) is 3.17.